The SMILES string of the molecule is C=CC(=O)NC(CCCCC)CS(=O)(=O)O. The Morgan fingerprint density at radius 1 is 1.50 bits per heavy atom. The predicted octanol–water partition coefficient (Wildman–Crippen LogP) is 1.13. The van der Waals surface area contributed by atoms with Gasteiger partial charge in [0.1, 0.15) is 0 Å². The largest absolute Gasteiger partial charge is 0.349 e. The van der Waals surface area contributed by atoms with Crippen molar-refractivity contribution in [2.45, 2.75) is 38.6 Å². The van der Waals surface area contributed by atoms with Crippen molar-refractivity contribution in [1.29, 1.82) is 0 Å². The average molecular weight is 249 g/mol. The molecule has 0 aliphatic heterocycles. The summed E-state index contributed by atoms with van der Waals surface area (Å²) in [4.78, 5) is 11.0. The average Bonchev–Trinajstić information content (AvgIpc) is 2.15. The van der Waals surface area contributed by atoms with Crippen LogP contribution in [0.4, 0.5) is 0 Å². The molecular formula is C10H19NO4S. The van der Waals surface area contributed by atoms with Gasteiger partial charge in [0, 0.05) is 6.04 Å². The van der Waals surface area contributed by atoms with Gasteiger partial charge in [0.05, 0.1) is 5.75 Å². The van der Waals surface area contributed by atoms with Crippen molar-refractivity contribution >= 4 is 16.0 Å². The van der Waals surface area contributed by atoms with E-state index < -0.39 is 27.8 Å². The van der Waals surface area contributed by atoms with Crippen molar-refractivity contribution in [2.24, 2.45) is 0 Å². The number of amides is 1. The lowest BCUT2D eigenvalue weighted by Gasteiger charge is -2.15. The maximum atomic E-state index is 11.0. The first kappa shape index (κ1) is 15.1. The lowest BCUT2D eigenvalue weighted by Crippen LogP contribution is -2.38. The zero-order valence-corrected chi connectivity index (χ0v) is 10.3. The van der Waals surface area contributed by atoms with E-state index in [1.807, 2.05) is 6.92 Å². The van der Waals surface area contributed by atoms with E-state index >= 15 is 0 Å². The summed E-state index contributed by atoms with van der Waals surface area (Å²) in [5.74, 6) is -0.874. The van der Waals surface area contributed by atoms with E-state index in [2.05, 4.69) is 11.9 Å². The number of carbonyl (C=O) groups excluding carboxylic acids is 1. The molecule has 0 aliphatic carbocycles. The van der Waals surface area contributed by atoms with Gasteiger partial charge >= 0.3 is 0 Å². The second-order valence-corrected chi connectivity index (χ2v) is 5.15. The second-order valence-electron chi connectivity index (χ2n) is 3.65. The van der Waals surface area contributed by atoms with E-state index in [0.717, 1.165) is 25.3 Å². The van der Waals surface area contributed by atoms with Gasteiger partial charge in [-0.2, -0.15) is 8.42 Å². The number of hydrogen-bond donors (Lipinski definition) is 2. The molecule has 1 amide bonds. The normalized spacial score (nSPS) is 13.1. The zero-order chi connectivity index (χ0) is 12.6. The summed E-state index contributed by atoms with van der Waals surface area (Å²) in [6.45, 7) is 5.31. The topological polar surface area (TPSA) is 83.5 Å². The number of rotatable bonds is 8. The molecule has 0 aromatic carbocycles. The minimum Gasteiger partial charge on any atom is -0.349 e. The molecule has 2 N–H and O–H groups in total. The molecule has 0 aromatic heterocycles. The van der Waals surface area contributed by atoms with Gasteiger partial charge in [-0.3, -0.25) is 9.35 Å². The van der Waals surface area contributed by atoms with Crippen LogP contribution in [0.25, 0.3) is 0 Å². The third-order valence-electron chi connectivity index (χ3n) is 2.10. The van der Waals surface area contributed by atoms with Crippen LogP contribution in [0.1, 0.15) is 32.6 Å². The molecule has 0 aliphatic rings. The Bertz CT molecular complexity index is 324. The number of carbonyl (C=O) groups is 1. The predicted molar refractivity (Wildman–Crippen MR) is 62.7 cm³/mol. The molecule has 94 valence electrons. The van der Waals surface area contributed by atoms with E-state index in [1.54, 1.807) is 0 Å². The molecule has 0 aromatic rings. The molecule has 0 spiro atoms. The van der Waals surface area contributed by atoms with E-state index in [1.165, 1.54) is 0 Å². The summed E-state index contributed by atoms with van der Waals surface area (Å²) >= 11 is 0. The van der Waals surface area contributed by atoms with E-state index in [9.17, 15) is 13.2 Å². The van der Waals surface area contributed by atoms with E-state index in [0.29, 0.717) is 6.42 Å². The van der Waals surface area contributed by atoms with Gasteiger partial charge in [0.2, 0.25) is 5.91 Å². The van der Waals surface area contributed by atoms with Crippen LogP contribution in [-0.2, 0) is 14.9 Å². The van der Waals surface area contributed by atoms with Gasteiger partial charge < -0.3 is 5.32 Å². The zero-order valence-electron chi connectivity index (χ0n) is 9.48. The molecule has 0 bridgehead atoms. The summed E-state index contributed by atoms with van der Waals surface area (Å²) in [7, 11) is -4.06. The fraction of sp³-hybridized carbons (Fsp3) is 0.700. The molecule has 0 rings (SSSR count). The molecule has 1 unspecified atom stereocenters. The summed E-state index contributed by atoms with van der Waals surface area (Å²) in [5, 5.41) is 2.49. The smallest absolute Gasteiger partial charge is 0.266 e. The van der Waals surface area contributed by atoms with E-state index in [4.69, 9.17) is 4.55 Å². The highest BCUT2D eigenvalue weighted by Gasteiger charge is 2.17. The third kappa shape index (κ3) is 8.43. The lowest BCUT2D eigenvalue weighted by atomic mass is 10.1. The molecule has 1 atom stereocenters. The molecular weight excluding hydrogens is 230 g/mol. The summed E-state index contributed by atoms with van der Waals surface area (Å²) in [6.07, 6.45) is 4.40. The molecule has 6 heteroatoms. The first-order valence-electron chi connectivity index (χ1n) is 5.27. The number of hydrogen-bond acceptors (Lipinski definition) is 3. The van der Waals surface area contributed by atoms with Crippen LogP contribution in [0.15, 0.2) is 12.7 Å². The molecule has 0 fully saturated rings. The maximum Gasteiger partial charge on any atom is 0.266 e. The quantitative estimate of drug-likeness (QED) is 0.383. The van der Waals surface area contributed by atoms with Gasteiger partial charge in [-0.25, -0.2) is 0 Å². The summed E-state index contributed by atoms with van der Waals surface area (Å²) in [6, 6.07) is -0.549. The van der Waals surface area contributed by atoms with Crippen molar-refractivity contribution in [2.75, 3.05) is 5.75 Å². The maximum absolute atomic E-state index is 11.0. The lowest BCUT2D eigenvalue weighted by molar-refractivity contribution is -0.117. The Balaban J connectivity index is 4.26. The second kappa shape index (κ2) is 7.40. The Labute approximate surface area is 96.7 Å². The summed E-state index contributed by atoms with van der Waals surface area (Å²) < 4.78 is 30.2. The number of nitrogens with one attached hydrogen (secondary N) is 1. The van der Waals surface area contributed by atoms with Crippen molar-refractivity contribution in [3.63, 3.8) is 0 Å². The molecule has 0 radical (unpaired) electrons. The summed E-state index contributed by atoms with van der Waals surface area (Å²) in [5.41, 5.74) is 0. The minimum atomic E-state index is -4.06. The highest BCUT2D eigenvalue weighted by molar-refractivity contribution is 7.85. The van der Waals surface area contributed by atoms with Crippen LogP contribution in [0, 0.1) is 0 Å². The van der Waals surface area contributed by atoms with Crippen LogP contribution < -0.4 is 5.32 Å². The minimum absolute atomic E-state index is 0.426. The van der Waals surface area contributed by atoms with Gasteiger partial charge in [0.15, 0.2) is 0 Å². The van der Waals surface area contributed by atoms with Gasteiger partial charge in [-0.05, 0) is 12.5 Å². The standard InChI is InChI=1S/C10H19NO4S/c1-3-5-6-7-9(8-16(13,14)15)11-10(12)4-2/h4,9H,2-3,5-8H2,1H3,(H,11,12)(H,13,14,15). The van der Waals surface area contributed by atoms with Crippen molar-refractivity contribution in [1.82, 2.24) is 5.32 Å². The molecule has 0 saturated heterocycles. The highest BCUT2D eigenvalue weighted by Crippen LogP contribution is 2.05. The Morgan fingerprint density at radius 3 is 2.56 bits per heavy atom. The van der Waals surface area contributed by atoms with Crippen molar-refractivity contribution in [3.8, 4) is 0 Å². The molecule has 5 nitrogen and oxygen atoms in total. The van der Waals surface area contributed by atoms with Crippen LogP contribution in [-0.4, -0.2) is 30.7 Å². The van der Waals surface area contributed by atoms with Gasteiger partial charge in [-0.1, -0.05) is 32.8 Å². The fourth-order valence-electron chi connectivity index (χ4n) is 1.35. The van der Waals surface area contributed by atoms with Crippen LogP contribution in [0.5, 0.6) is 0 Å². The first-order chi connectivity index (χ1) is 7.39. The first-order valence-corrected chi connectivity index (χ1v) is 6.88. The van der Waals surface area contributed by atoms with Gasteiger partial charge in [0.25, 0.3) is 10.1 Å². The Morgan fingerprint density at radius 2 is 2.12 bits per heavy atom. The Hall–Kier alpha value is -0.880. The fourth-order valence-corrected chi connectivity index (χ4v) is 2.11. The van der Waals surface area contributed by atoms with E-state index in [-0.39, 0.29) is 0 Å². The Kier molecular flexibility index (Phi) is 7.00. The van der Waals surface area contributed by atoms with Crippen molar-refractivity contribution < 1.29 is 17.8 Å². The third-order valence-corrected chi connectivity index (χ3v) is 2.92. The number of unbranched alkanes of at least 4 members (excludes halogenated alkanes) is 2. The van der Waals surface area contributed by atoms with Crippen molar-refractivity contribution in [3.05, 3.63) is 12.7 Å². The highest BCUT2D eigenvalue weighted by atomic mass is 32.2. The molecule has 0 heterocycles. The van der Waals surface area contributed by atoms with Gasteiger partial charge in [-0.15, -0.1) is 0 Å². The van der Waals surface area contributed by atoms with Crippen LogP contribution in [0.3, 0.4) is 0 Å². The monoisotopic (exact) mass is 249 g/mol. The van der Waals surface area contributed by atoms with Crippen LogP contribution >= 0.6 is 0 Å². The molecule has 16 heavy (non-hydrogen) atoms. The van der Waals surface area contributed by atoms with Crippen LogP contribution in [0.2, 0.25) is 0 Å². The molecule has 0 saturated carbocycles.